The Morgan fingerprint density at radius 1 is 1.39 bits per heavy atom. The van der Waals surface area contributed by atoms with E-state index in [0.29, 0.717) is 12.5 Å². The summed E-state index contributed by atoms with van der Waals surface area (Å²) in [5.74, 6) is 0.101. The molecule has 0 aromatic carbocycles. The molecular weight excluding hydrogens is 232 g/mol. The molecule has 1 fully saturated rings. The lowest BCUT2D eigenvalue weighted by atomic mass is 9.94. The number of nitrogens with zero attached hydrogens (tertiary/aromatic N) is 1. The third kappa shape index (κ3) is 5.04. The number of esters is 1. The van der Waals surface area contributed by atoms with E-state index in [2.05, 4.69) is 24.2 Å². The highest BCUT2D eigenvalue weighted by Gasteiger charge is 2.25. The molecule has 0 bridgehead atoms. The van der Waals surface area contributed by atoms with Gasteiger partial charge in [0.05, 0.1) is 13.0 Å². The Kier molecular flexibility index (Phi) is 6.12. The third-order valence-electron chi connectivity index (χ3n) is 3.32. The Morgan fingerprint density at radius 2 is 2.11 bits per heavy atom. The molecule has 0 aromatic rings. The molecular formula is C13H24N2O3. The van der Waals surface area contributed by atoms with Crippen LogP contribution in [-0.2, 0) is 14.3 Å². The molecule has 2 atom stereocenters. The van der Waals surface area contributed by atoms with E-state index in [1.165, 1.54) is 0 Å². The average molecular weight is 256 g/mol. The number of hydrogen-bond donors (Lipinski definition) is 1. The van der Waals surface area contributed by atoms with Gasteiger partial charge in [-0.15, -0.1) is 0 Å². The van der Waals surface area contributed by atoms with Gasteiger partial charge in [0.15, 0.2) is 0 Å². The maximum Gasteiger partial charge on any atom is 0.306 e. The first-order valence-corrected chi connectivity index (χ1v) is 6.66. The van der Waals surface area contributed by atoms with Crippen LogP contribution in [0, 0.1) is 5.92 Å². The lowest BCUT2D eigenvalue weighted by Crippen LogP contribution is -2.48. The van der Waals surface area contributed by atoms with E-state index in [1.807, 2.05) is 0 Å². The number of piperidine rings is 1. The Bertz CT molecular complexity index is 294. The summed E-state index contributed by atoms with van der Waals surface area (Å²) in [7, 11) is 2.09. The van der Waals surface area contributed by atoms with Crippen LogP contribution in [-0.4, -0.2) is 49.6 Å². The second-order valence-electron chi connectivity index (χ2n) is 5.01. The van der Waals surface area contributed by atoms with Crippen LogP contribution in [0.25, 0.3) is 0 Å². The molecule has 0 spiro atoms. The van der Waals surface area contributed by atoms with Gasteiger partial charge in [0.1, 0.15) is 0 Å². The van der Waals surface area contributed by atoms with E-state index in [0.717, 1.165) is 19.5 Å². The molecule has 1 amide bonds. The van der Waals surface area contributed by atoms with Crippen LogP contribution >= 0.6 is 0 Å². The number of rotatable bonds is 5. The standard InChI is InChI=1S/C13H24N2O3/c1-4-18-13(17)6-5-12(16)14-11-7-8-15(3)9-10(11)2/h10-11H,4-9H2,1-3H3,(H,14,16). The SMILES string of the molecule is CCOC(=O)CCC(=O)NC1CCN(C)CC1C. The summed E-state index contributed by atoms with van der Waals surface area (Å²) < 4.78 is 4.79. The van der Waals surface area contributed by atoms with Gasteiger partial charge in [-0.3, -0.25) is 9.59 Å². The van der Waals surface area contributed by atoms with E-state index in [-0.39, 0.29) is 30.8 Å². The Hall–Kier alpha value is -1.10. The van der Waals surface area contributed by atoms with Crippen molar-refractivity contribution in [2.45, 2.75) is 39.2 Å². The van der Waals surface area contributed by atoms with E-state index in [4.69, 9.17) is 4.74 Å². The van der Waals surface area contributed by atoms with Crippen LogP contribution in [0.3, 0.4) is 0 Å². The highest BCUT2D eigenvalue weighted by atomic mass is 16.5. The second kappa shape index (κ2) is 7.36. The van der Waals surface area contributed by atoms with E-state index < -0.39 is 0 Å². The molecule has 1 rings (SSSR count). The first-order valence-electron chi connectivity index (χ1n) is 6.66. The zero-order valence-electron chi connectivity index (χ0n) is 11.6. The molecule has 5 heteroatoms. The quantitative estimate of drug-likeness (QED) is 0.739. The van der Waals surface area contributed by atoms with Crippen molar-refractivity contribution in [3.63, 3.8) is 0 Å². The zero-order chi connectivity index (χ0) is 13.5. The van der Waals surface area contributed by atoms with Gasteiger partial charge in [0.2, 0.25) is 5.91 Å². The van der Waals surface area contributed by atoms with Gasteiger partial charge in [-0.1, -0.05) is 6.92 Å². The van der Waals surface area contributed by atoms with Crippen molar-refractivity contribution in [2.24, 2.45) is 5.92 Å². The summed E-state index contributed by atoms with van der Waals surface area (Å²) in [5.41, 5.74) is 0. The topological polar surface area (TPSA) is 58.6 Å². The molecule has 0 radical (unpaired) electrons. The van der Waals surface area contributed by atoms with Crippen molar-refractivity contribution < 1.29 is 14.3 Å². The van der Waals surface area contributed by atoms with Crippen molar-refractivity contribution in [2.75, 3.05) is 26.7 Å². The molecule has 5 nitrogen and oxygen atoms in total. The molecule has 1 N–H and O–H groups in total. The molecule has 1 saturated heterocycles. The summed E-state index contributed by atoms with van der Waals surface area (Å²) >= 11 is 0. The molecule has 18 heavy (non-hydrogen) atoms. The van der Waals surface area contributed by atoms with Gasteiger partial charge in [0, 0.05) is 19.0 Å². The first-order chi connectivity index (χ1) is 8.52. The van der Waals surface area contributed by atoms with Crippen molar-refractivity contribution in [3.8, 4) is 0 Å². The summed E-state index contributed by atoms with van der Waals surface area (Å²) in [5, 5.41) is 3.01. The molecule has 0 aromatic heterocycles. The van der Waals surface area contributed by atoms with Crippen molar-refractivity contribution in [3.05, 3.63) is 0 Å². The van der Waals surface area contributed by atoms with Crippen molar-refractivity contribution in [1.82, 2.24) is 10.2 Å². The summed E-state index contributed by atoms with van der Waals surface area (Å²) in [6, 6.07) is 0.232. The summed E-state index contributed by atoms with van der Waals surface area (Å²) in [4.78, 5) is 25.1. The fraction of sp³-hybridized carbons (Fsp3) is 0.846. The molecule has 1 heterocycles. The zero-order valence-corrected chi connectivity index (χ0v) is 11.6. The minimum atomic E-state index is -0.302. The number of ether oxygens (including phenoxy) is 1. The van der Waals surface area contributed by atoms with Gasteiger partial charge in [-0.05, 0) is 32.9 Å². The number of carbonyl (C=O) groups excluding carboxylic acids is 2. The summed E-state index contributed by atoms with van der Waals surface area (Å²) in [6.07, 6.45) is 1.36. The third-order valence-corrected chi connectivity index (χ3v) is 3.32. The number of carbonyl (C=O) groups is 2. The molecule has 2 unspecified atom stereocenters. The largest absolute Gasteiger partial charge is 0.466 e. The normalized spacial score (nSPS) is 24.6. The Balaban J connectivity index is 2.25. The second-order valence-corrected chi connectivity index (χ2v) is 5.01. The van der Waals surface area contributed by atoms with Crippen LogP contribution in [0.2, 0.25) is 0 Å². The lowest BCUT2D eigenvalue weighted by molar-refractivity contribution is -0.144. The number of amides is 1. The fourth-order valence-electron chi connectivity index (χ4n) is 2.30. The molecule has 104 valence electrons. The highest BCUT2D eigenvalue weighted by Crippen LogP contribution is 2.15. The van der Waals surface area contributed by atoms with Crippen LogP contribution in [0.5, 0.6) is 0 Å². The Morgan fingerprint density at radius 3 is 2.72 bits per heavy atom. The van der Waals surface area contributed by atoms with Crippen LogP contribution in [0.1, 0.15) is 33.1 Å². The van der Waals surface area contributed by atoms with Gasteiger partial charge >= 0.3 is 5.97 Å². The number of hydrogen-bond acceptors (Lipinski definition) is 4. The average Bonchev–Trinajstić information content (AvgIpc) is 2.31. The van der Waals surface area contributed by atoms with Gasteiger partial charge < -0.3 is 15.0 Å². The van der Waals surface area contributed by atoms with E-state index >= 15 is 0 Å². The first kappa shape index (κ1) is 15.0. The van der Waals surface area contributed by atoms with E-state index in [9.17, 15) is 9.59 Å². The van der Waals surface area contributed by atoms with E-state index in [1.54, 1.807) is 6.92 Å². The van der Waals surface area contributed by atoms with Crippen LogP contribution in [0.15, 0.2) is 0 Å². The van der Waals surface area contributed by atoms with Gasteiger partial charge in [-0.25, -0.2) is 0 Å². The van der Waals surface area contributed by atoms with Crippen LogP contribution in [0.4, 0.5) is 0 Å². The van der Waals surface area contributed by atoms with Crippen molar-refractivity contribution >= 4 is 11.9 Å². The lowest BCUT2D eigenvalue weighted by Gasteiger charge is -2.35. The smallest absolute Gasteiger partial charge is 0.306 e. The van der Waals surface area contributed by atoms with Crippen LogP contribution < -0.4 is 5.32 Å². The molecule has 1 aliphatic rings. The minimum absolute atomic E-state index is 0.0514. The van der Waals surface area contributed by atoms with Crippen molar-refractivity contribution in [1.29, 1.82) is 0 Å². The number of nitrogens with one attached hydrogen (secondary N) is 1. The summed E-state index contributed by atoms with van der Waals surface area (Å²) in [6.45, 7) is 6.28. The van der Waals surface area contributed by atoms with Gasteiger partial charge in [0.25, 0.3) is 0 Å². The maximum absolute atomic E-state index is 11.7. The monoisotopic (exact) mass is 256 g/mol. The maximum atomic E-state index is 11.7. The number of likely N-dealkylation sites (tertiary alicyclic amines) is 1. The van der Waals surface area contributed by atoms with Gasteiger partial charge in [-0.2, -0.15) is 0 Å². The minimum Gasteiger partial charge on any atom is -0.466 e. The fourth-order valence-corrected chi connectivity index (χ4v) is 2.30. The molecule has 0 aliphatic carbocycles. The predicted octanol–water partition coefficient (Wildman–Crippen LogP) is 0.786. The molecule has 1 aliphatic heterocycles. The highest BCUT2D eigenvalue weighted by molar-refractivity contribution is 5.81. The predicted molar refractivity (Wildman–Crippen MR) is 69.1 cm³/mol. The Labute approximate surface area is 109 Å². The molecule has 0 saturated carbocycles.